The smallest absolute Gasteiger partial charge is 0.352 e. The van der Waals surface area contributed by atoms with Crippen molar-refractivity contribution in [3.05, 3.63) is 35.9 Å². The van der Waals surface area contributed by atoms with E-state index in [1.165, 1.54) is 17.8 Å². The van der Waals surface area contributed by atoms with E-state index in [4.69, 9.17) is 0 Å². The number of rotatable bonds is 3. The number of carbonyl (C=O) groups is 1. The van der Waals surface area contributed by atoms with Gasteiger partial charge < -0.3 is 15.5 Å². The molecule has 2 saturated heterocycles. The third kappa shape index (κ3) is 3.16. The molecule has 0 aromatic carbocycles. The van der Waals surface area contributed by atoms with Gasteiger partial charge in [-0.25, -0.2) is 9.50 Å². The third-order valence-corrected chi connectivity index (χ3v) is 5.56. The number of halogens is 3. The molecular formula is C18H19F3N8O. The molecule has 0 saturated carbocycles. The number of hydrogen-bond acceptors (Lipinski definition) is 6. The molecule has 2 bridgehead atoms. The molecule has 158 valence electrons. The molecule has 1 amide bonds. The number of alkyl halides is 3. The van der Waals surface area contributed by atoms with Crippen LogP contribution in [0, 0.1) is 0 Å². The number of hydrogen-bond donors (Lipinski definition) is 2. The predicted molar refractivity (Wildman–Crippen MR) is 101 cm³/mol. The van der Waals surface area contributed by atoms with Crippen molar-refractivity contribution in [1.29, 1.82) is 0 Å². The number of aromatic nitrogens is 5. The fraction of sp³-hybridized carbons (Fsp3) is 0.444. The highest BCUT2D eigenvalue weighted by Crippen LogP contribution is 2.34. The Morgan fingerprint density at radius 1 is 1.37 bits per heavy atom. The minimum Gasteiger partial charge on any atom is -0.352 e. The molecule has 3 aromatic rings. The summed E-state index contributed by atoms with van der Waals surface area (Å²) in [4.78, 5) is 19.6. The Labute approximate surface area is 168 Å². The highest BCUT2D eigenvalue weighted by atomic mass is 19.4. The summed E-state index contributed by atoms with van der Waals surface area (Å²) in [6.07, 6.45) is 1.49. The van der Waals surface area contributed by atoms with Gasteiger partial charge in [-0.2, -0.15) is 23.4 Å². The van der Waals surface area contributed by atoms with E-state index in [9.17, 15) is 18.0 Å². The van der Waals surface area contributed by atoms with E-state index in [0.29, 0.717) is 12.1 Å². The van der Waals surface area contributed by atoms with Gasteiger partial charge in [-0.15, -0.1) is 0 Å². The number of amides is 1. The Bertz CT molecular complexity index is 1120. The molecule has 2 aliphatic rings. The van der Waals surface area contributed by atoms with Gasteiger partial charge in [0.05, 0.1) is 11.9 Å². The van der Waals surface area contributed by atoms with Crippen LogP contribution in [0.3, 0.4) is 0 Å². The Kier molecular flexibility index (Phi) is 4.20. The molecule has 2 fully saturated rings. The third-order valence-electron chi connectivity index (χ3n) is 5.56. The molecule has 9 nitrogen and oxygen atoms in total. The van der Waals surface area contributed by atoms with Crippen molar-refractivity contribution in [1.82, 2.24) is 29.7 Å². The second kappa shape index (κ2) is 6.69. The van der Waals surface area contributed by atoms with Gasteiger partial charge >= 0.3 is 6.18 Å². The number of piperidine rings is 1. The lowest BCUT2D eigenvalue weighted by Gasteiger charge is -2.25. The first-order chi connectivity index (χ1) is 14.3. The average Bonchev–Trinajstić information content (AvgIpc) is 3.36. The predicted octanol–water partition coefficient (Wildman–Crippen LogP) is 1.67. The molecular weight excluding hydrogens is 401 g/mol. The van der Waals surface area contributed by atoms with Crippen LogP contribution in [0.4, 0.5) is 24.7 Å². The maximum Gasteiger partial charge on any atom is 0.437 e. The van der Waals surface area contributed by atoms with E-state index in [1.54, 1.807) is 6.20 Å². The summed E-state index contributed by atoms with van der Waals surface area (Å²) in [5.41, 5.74) is -1.18. The standard InChI is InChI=1S/C18H19F3N8O/c1-27-9-13(15(26-27)18(19,20)21)24-17(30)12-7-23-29-5-3-14(25-16(12)29)28-8-10-6-11(28)2-4-22-10/h3,5,7,9-11,22H,2,4,6,8H2,1H3,(H,24,30). The van der Waals surface area contributed by atoms with Gasteiger partial charge in [-0.3, -0.25) is 9.48 Å². The van der Waals surface area contributed by atoms with Gasteiger partial charge in [0.2, 0.25) is 0 Å². The Hall–Kier alpha value is -3.15. The molecule has 0 aliphatic carbocycles. The van der Waals surface area contributed by atoms with E-state index in [0.717, 1.165) is 42.6 Å². The summed E-state index contributed by atoms with van der Waals surface area (Å²) in [7, 11) is 1.36. The summed E-state index contributed by atoms with van der Waals surface area (Å²) >= 11 is 0. The lowest BCUT2D eigenvalue weighted by Crippen LogP contribution is -2.35. The Morgan fingerprint density at radius 3 is 2.97 bits per heavy atom. The van der Waals surface area contributed by atoms with Crippen molar-refractivity contribution in [2.45, 2.75) is 31.1 Å². The topological polar surface area (TPSA) is 92.4 Å². The van der Waals surface area contributed by atoms with Crippen LogP contribution >= 0.6 is 0 Å². The van der Waals surface area contributed by atoms with Crippen LogP contribution in [0.2, 0.25) is 0 Å². The van der Waals surface area contributed by atoms with E-state index < -0.39 is 23.5 Å². The maximum atomic E-state index is 13.2. The van der Waals surface area contributed by atoms with Crippen LogP contribution in [0.1, 0.15) is 28.9 Å². The first kappa shape index (κ1) is 18.9. The molecule has 2 aliphatic heterocycles. The summed E-state index contributed by atoms with van der Waals surface area (Å²) in [6, 6.07) is 2.64. The number of nitrogens with one attached hydrogen (secondary N) is 2. The van der Waals surface area contributed by atoms with E-state index in [-0.39, 0.29) is 11.2 Å². The monoisotopic (exact) mass is 420 g/mol. The second-order valence-electron chi connectivity index (χ2n) is 7.61. The quantitative estimate of drug-likeness (QED) is 0.670. The molecule has 12 heteroatoms. The Balaban J connectivity index is 1.46. The maximum absolute atomic E-state index is 13.2. The molecule has 2 N–H and O–H groups in total. The van der Waals surface area contributed by atoms with Crippen molar-refractivity contribution in [2.24, 2.45) is 7.05 Å². The van der Waals surface area contributed by atoms with Gasteiger partial charge in [0, 0.05) is 38.1 Å². The number of carbonyl (C=O) groups excluding carboxylic acids is 1. The molecule has 3 aromatic heterocycles. The van der Waals surface area contributed by atoms with Crippen molar-refractivity contribution in [3.8, 4) is 0 Å². The number of nitrogens with zero attached hydrogens (tertiary/aromatic N) is 6. The average molecular weight is 420 g/mol. The van der Waals surface area contributed by atoms with Crippen LogP contribution in [0.25, 0.3) is 5.65 Å². The van der Waals surface area contributed by atoms with Crippen LogP contribution in [-0.2, 0) is 13.2 Å². The summed E-state index contributed by atoms with van der Waals surface area (Å²) in [5.74, 6) is 0.000546. The zero-order chi connectivity index (χ0) is 21.0. The highest BCUT2D eigenvalue weighted by molar-refractivity contribution is 6.08. The van der Waals surface area contributed by atoms with Crippen molar-refractivity contribution >= 4 is 23.1 Å². The zero-order valence-electron chi connectivity index (χ0n) is 16.0. The van der Waals surface area contributed by atoms with Crippen molar-refractivity contribution in [2.75, 3.05) is 23.3 Å². The van der Waals surface area contributed by atoms with Crippen LogP contribution in [0.5, 0.6) is 0 Å². The SMILES string of the molecule is Cn1cc(NC(=O)c2cnn3ccc(N4CC5CC4CCN5)nc23)c(C(F)(F)F)n1. The largest absolute Gasteiger partial charge is 0.437 e. The van der Waals surface area contributed by atoms with Crippen LogP contribution in [0.15, 0.2) is 24.7 Å². The minimum atomic E-state index is -4.68. The van der Waals surface area contributed by atoms with Crippen LogP contribution in [-0.4, -0.2) is 55.5 Å². The first-order valence-corrected chi connectivity index (χ1v) is 9.56. The summed E-state index contributed by atoms with van der Waals surface area (Å²) < 4.78 is 42.0. The molecule has 2 atom stereocenters. The fourth-order valence-corrected chi connectivity index (χ4v) is 4.23. The molecule has 0 radical (unpaired) electrons. The van der Waals surface area contributed by atoms with Gasteiger partial charge in [0.1, 0.15) is 11.4 Å². The number of anilines is 2. The van der Waals surface area contributed by atoms with Gasteiger partial charge in [0.25, 0.3) is 5.91 Å². The molecule has 2 unspecified atom stereocenters. The number of aryl methyl sites for hydroxylation is 1. The first-order valence-electron chi connectivity index (χ1n) is 9.56. The van der Waals surface area contributed by atoms with Crippen molar-refractivity contribution < 1.29 is 18.0 Å². The van der Waals surface area contributed by atoms with Gasteiger partial charge in [-0.05, 0) is 25.5 Å². The molecule has 5 heterocycles. The highest BCUT2D eigenvalue weighted by Gasteiger charge is 2.38. The lowest BCUT2D eigenvalue weighted by molar-refractivity contribution is -0.140. The van der Waals surface area contributed by atoms with Crippen LogP contribution < -0.4 is 15.5 Å². The molecule has 0 spiro atoms. The van der Waals surface area contributed by atoms with Gasteiger partial charge in [-0.1, -0.05) is 0 Å². The van der Waals surface area contributed by atoms with E-state index in [1.807, 2.05) is 6.07 Å². The van der Waals surface area contributed by atoms with E-state index >= 15 is 0 Å². The molecule has 30 heavy (non-hydrogen) atoms. The molecule has 5 rings (SSSR count). The summed E-state index contributed by atoms with van der Waals surface area (Å²) in [6.45, 7) is 1.79. The fourth-order valence-electron chi connectivity index (χ4n) is 4.23. The number of fused-ring (bicyclic) bond motifs is 3. The summed E-state index contributed by atoms with van der Waals surface area (Å²) in [5, 5.41) is 13.3. The lowest BCUT2D eigenvalue weighted by atomic mass is 10.1. The van der Waals surface area contributed by atoms with E-state index in [2.05, 4.69) is 30.7 Å². The second-order valence-corrected chi connectivity index (χ2v) is 7.61. The minimum absolute atomic E-state index is 0.0918. The zero-order valence-corrected chi connectivity index (χ0v) is 16.0. The van der Waals surface area contributed by atoms with Crippen molar-refractivity contribution in [3.63, 3.8) is 0 Å². The Morgan fingerprint density at radius 2 is 2.20 bits per heavy atom. The van der Waals surface area contributed by atoms with Gasteiger partial charge in [0.15, 0.2) is 11.3 Å². The normalized spacial score (nSPS) is 21.4.